The molecule has 0 spiro atoms. The number of hydrogen-bond donors (Lipinski definition) is 2. The highest BCUT2D eigenvalue weighted by molar-refractivity contribution is 8.00. The average molecular weight is 306 g/mol. The van der Waals surface area contributed by atoms with Gasteiger partial charge in [0.25, 0.3) is 0 Å². The molecule has 2 rings (SSSR count). The van der Waals surface area contributed by atoms with Gasteiger partial charge in [0.2, 0.25) is 5.91 Å². The number of rotatable bonds is 7. The molecule has 7 nitrogen and oxygen atoms in total. The van der Waals surface area contributed by atoms with Gasteiger partial charge in [0.05, 0.1) is 18.5 Å². The van der Waals surface area contributed by atoms with Crippen LogP contribution < -0.4 is 5.32 Å². The van der Waals surface area contributed by atoms with Crippen LogP contribution in [0.25, 0.3) is 0 Å². The van der Waals surface area contributed by atoms with E-state index in [1.807, 2.05) is 30.3 Å². The fourth-order valence-corrected chi connectivity index (χ4v) is 2.28. The van der Waals surface area contributed by atoms with E-state index in [2.05, 4.69) is 15.6 Å². The Morgan fingerprint density at radius 1 is 1.29 bits per heavy atom. The van der Waals surface area contributed by atoms with Gasteiger partial charge in [-0.25, -0.2) is 9.48 Å². The van der Waals surface area contributed by atoms with E-state index in [9.17, 15) is 9.59 Å². The predicted molar refractivity (Wildman–Crippen MR) is 77.2 cm³/mol. The summed E-state index contributed by atoms with van der Waals surface area (Å²) in [5.41, 5.74) is -0.110. The number of nitrogens with one attached hydrogen (secondary N) is 1. The zero-order valence-electron chi connectivity index (χ0n) is 11.1. The van der Waals surface area contributed by atoms with Crippen LogP contribution in [0, 0.1) is 0 Å². The van der Waals surface area contributed by atoms with Gasteiger partial charge in [-0.3, -0.25) is 4.79 Å². The molecule has 0 radical (unpaired) electrons. The van der Waals surface area contributed by atoms with Crippen LogP contribution in [0.1, 0.15) is 10.5 Å². The van der Waals surface area contributed by atoms with Crippen molar-refractivity contribution in [3.05, 3.63) is 42.2 Å². The van der Waals surface area contributed by atoms with Crippen LogP contribution in [-0.4, -0.2) is 44.3 Å². The monoisotopic (exact) mass is 306 g/mol. The highest BCUT2D eigenvalue weighted by Gasteiger charge is 2.08. The molecule has 0 unspecified atom stereocenters. The minimum atomic E-state index is -1.12. The summed E-state index contributed by atoms with van der Waals surface area (Å²) < 4.78 is 1.38. The Bertz CT molecular complexity index is 615. The number of carboxylic acid groups (broad SMARTS) is 1. The third-order valence-electron chi connectivity index (χ3n) is 2.53. The largest absolute Gasteiger partial charge is 0.476 e. The molecule has 1 aromatic heterocycles. The molecule has 21 heavy (non-hydrogen) atoms. The first kappa shape index (κ1) is 15.0. The lowest BCUT2D eigenvalue weighted by molar-refractivity contribution is -0.118. The Kier molecular flexibility index (Phi) is 5.33. The van der Waals surface area contributed by atoms with E-state index in [1.165, 1.54) is 22.6 Å². The number of amides is 1. The molecule has 2 N–H and O–H groups in total. The number of thioether (sulfide) groups is 1. The molecule has 110 valence electrons. The molecule has 0 atom stereocenters. The van der Waals surface area contributed by atoms with Crippen LogP contribution in [0.15, 0.2) is 41.4 Å². The zero-order valence-corrected chi connectivity index (χ0v) is 11.9. The highest BCUT2D eigenvalue weighted by atomic mass is 32.2. The van der Waals surface area contributed by atoms with E-state index >= 15 is 0 Å². The minimum absolute atomic E-state index is 0.0811. The summed E-state index contributed by atoms with van der Waals surface area (Å²) in [6.45, 7) is 0.749. The van der Waals surface area contributed by atoms with Gasteiger partial charge in [0, 0.05) is 11.4 Å². The number of nitrogens with zero attached hydrogens (tertiary/aromatic N) is 3. The number of aromatic carboxylic acids is 1. The first-order valence-electron chi connectivity index (χ1n) is 6.23. The fourth-order valence-electron chi connectivity index (χ4n) is 1.53. The van der Waals surface area contributed by atoms with Crippen molar-refractivity contribution in [3.8, 4) is 0 Å². The summed E-state index contributed by atoms with van der Waals surface area (Å²) in [7, 11) is 0. The smallest absolute Gasteiger partial charge is 0.358 e. The lowest BCUT2D eigenvalue weighted by Crippen LogP contribution is -2.28. The number of carbonyl (C=O) groups excluding carboxylic acids is 1. The predicted octanol–water partition coefficient (Wildman–Crippen LogP) is 0.885. The maximum atomic E-state index is 11.6. The van der Waals surface area contributed by atoms with Gasteiger partial charge in [-0.15, -0.1) is 16.9 Å². The maximum Gasteiger partial charge on any atom is 0.358 e. The van der Waals surface area contributed by atoms with Crippen LogP contribution >= 0.6 is 11.8 Å². The summed E-state index contributed by atoms with van der Waals surface area (Å²) in [5, 5.41) is 18.6. The van der Waals surface area contributed by atoms with E-state index in [0.29, 0.717) is 18.8 Å². The normalized spacial score (nSPS) is 10.3. The average Bonchev–Trinajstić information content (AvgIpc) is 2.95. The third kappa shape index (κ3) is 4.92. The van der Waals surface area contributed by atoms with Crippen molar-refractivity contribution < 1.29 is 14.7 Å². The number of carboxylic acids is 1. The van der Waals surface area contributed by atoms with Crippen LogP contribution in [0.2, 0.25) is 0 Å². The molecule has 0 fully saturated rings. The van der Waals surface area contributed by atoms with Crippen molar-refractivity contribution in [2.75, 3.05) is 12.3 Å². The number of carbonyl (C=O) groups is 2. The Hall–Kier alpha value is -2.35. The lowest BCUT2D eigenvalue weighted by atomic mass is 10.4. The molecule has 1 amide bonds. The number of hydrogen-bond acceptors (Lipinski definition) is 5. The fraction of sp³-hybridized carbons (Fsp3) is 0.231. The molecule has 1 aromatic carbocycles. The number of benzene rings is 1. The Morgan fingerprint density at radius 3 is 2.71 bits per heavy atom. The molecule has 0 aliphatic rings. The molecule has 0 saturated heterocycles. The first-order chi connectivity index (χ1) is 10.1. The second kappa shape index (κ2) is 7.44. The number of aromatic nitrogens is 3. The summed E-state index contributed by atoms with van der Waals surface area (Å²) in [6.07, 6.45) is 1.33. The van der Waals surface area contributed by atoms with Crippen molar-refractivity contribution in [1.29, 1.82) is 0 Å². The summed E-state index contributed by atoms with van der Waals surface area (Å²) in [4.78, 5) is 23.3. The SMILES string of the molecule is O=C(CSc1ccccc1)NCCn1cc(C(=O)O)nn1. The Labute approximate surface area is 125 Å². The first-order valence-corrected chi connectivity index (χ1v) is 7.21. The molecule has 2 aromatic rings. The molecule has 0 aliphatic carbocycles. The summed E-state index contributed by atoms with van der Waals surface area (Å²) in [6, 6.07) is 9.66. The van der Waals surface area contributed by atoms with Crippen molar-refractivity contribution in [3.63, 3.8) is 0 Å². The topological polar surface area (TPSA) is 97.1 Å². The van der Waals surface area contributed by atoms with Crippen molar-refractivity contribution in [2.24, 2.45) is 0 Å². The van der Waals surface area contributed by atoms with Gasteiger partial charge >= 0.3 is 5.97 Å². The maximum absolute atomic E-state index is 11.6. The lowest BCUT2D eigenvalue weighted by Gasteiger charge is -2.04. The molecule has 0 saturated carbocycles. The second-order valence-electron chi connectivity index (χ2n) is 4.12. The standard InChI is InChI=1S/C13H14N4O3S/c18-12(9-21-10-4-2-1-3-5-10)14-6-7-17-8-11(13(19)20)15-16-17/h1-5,8H,6-7,9H2,(H,14,18)(H,19,20). The van der Waals surface area contributed by atoms with Crippen molar-refractivity contribution >= 4 is 23.6 Å². The van der Waals surface area contributed by atoms with Gasteiger partial charge in [-0.1, -0.05) is 23.4 Å². The van der Waals surface area contributed by atoms with Crippen LogP contribution in [0.3, 0.4) is 0 Å². The Morgan fingerprint density at radius 2 is 2.05 bits per heavy atom. The van der Waals surface area contributed by atoms with Crippen LogP contribution in [0.4, 0.5) is 0 Å². The van der Waals surface area contributed by atoms with Crippen molar-refractivity contribution in [1.82, 2.24) is 20.3 Å². The summed E-state index contributed by atoms with van der Waals surface area (Å²) >= 11 is 1.46. The van der Waals surface area contributed by atoms with Crippen LogP contribution in [-0.2, 0) is 11.3 Å². The van der Waals surface area contributed by atoms with Gasteiger partial charge in [0.15, 0.2) is 5.69 Å². The molecule has 0 bridgehead atoms. The molecule has 0 aliphatic heterocycles. The van der Waals surface area contributed by atoms with Crippen LogP contribution in [0.5, 0.6) is 0 Å². The minimum Gasteiger partial charge on any atom is -0.476 e. The molecule has 1 heterocycles. The highest BCUT2D eigenvalue weighted by Crippen LogP contribution is 2.15. The van der Waals surface area contributed by atoms with Gasteiger partial charge in [-0.2, -0.15) is 0 Å². The van der Waals surface area contributed by atoms with Gasteiger partial charge in [-0.05, 0) is 12.1 Å². The summed E-state index contributed by atoms with van der Waals surface area (Å²) in [5.74, 6) is -0.867. The van der Waals surface area contributed by atoms with Gasteiger partial charge < -0.3 is 10.4 Å². The third-order valence-corrected chi connectivity index (χ3v) is 3.55. The van der Waals surface area contributed by atoms with E-state index in [0.717, 1.165) is 4.90 Å². The molecular formula is C13H14N4O3S. The zero-order chi connectivity index (χ0) is 15.1. The van der Waals surface area contributed by atoms with E-state index in [1.54, 1.807) is 0 Å². The van der Waals surface area contributed by atoms with E-state index in [-0.39, 0.29) is 11.6 Å². The quantitative estimate of drug-likeness (QED) is 0.737. The molecule has 8 heteroatoms. The van der Waals surface area contributed by atoms with E-state index < -0.39 is 5.97 Å². The Balaban J connectivity index is 1.68. The van der Waals surface area contributed by atoms with Crippen molar-refractivity contribution in [2.45, 2.75) is 11.4 Å². The molecular weight excluding hydrogens is 292 g/mol. The van der Waals surface area contributed by atoms with E-state index in [4.69, 9.17) is 5.11 Å². The van der Waals surface area contributed by atoms with Gasteiger partial charge in [0.1, 0.15) is 0 Å². The second-order valence-corrected chi connectivity index (χ2v) is 5.17.